The van der Waals surface area contributed by atoms with E-state index >= 15 is 0 Å². The van der Waals surface area contributed by atoms with E-state index in [-0.39, 0.29) is 17.1 Å². The second-order valence-corrected chi connectivity index (χ2v) is 8.67. The fourth-order valence-corrected chi connectivity index (χ4v) is 6.13. The second-order valence-electron chi connectivity index (χ2n) is 8.67. The minimum absolute atomic E-state index is 0.0148. The van der Waals surface area contributed by atoms with Gasteiger partial charge in [-0.25, -0.2) is 4.79 Å². The zero-order valence-corrected chi connectivity index (χ0v) is 15.0. The molecule has 4 aliphatic rings. The van der Waals surface area contributed by atoms with E-state index in [1.165, 1.54) is 19.3 Å². The number of hydrogen-bond donors (Lipinski definition) is 0. The van der Waals surface area contributed by atoms with E-state index in [0.29, 0.717) is 25.2 Å². The maximum absolute atomic E-state index is 12.8. The predicted molar refractivity (Wildman–Crippen MR) is 96.7 cm³/mol. The SMILES string of the molecule is O=C(OCCCn1c(=O)oc2ccccc21)C12CC3CC(CC(C3)C1)C2. The number of benzene rings is 1. The van der Waals surface area contributed by atoms with Crippen LogP contribution in [-0.2, 0) is 16.1 Å². The molecular weight excluding hydrogens is 330 g/mol. The number of nitrogens with zero attached hydrogens (tertiary/aromatic N) is 1. The number of fused-ring (bicyclic) bond motifs is 1. The number of esters is 1. The van der Waals surface area contributed by atoms with Gasteiger partial charge in [0, 0.05) is 6.54 Å². The van der Waals surface area contributed by atoms with Crippen molar-refractivity contribution in [2.45, 2.75) is 51.5 Å². The number of oxazole rings is 1. The van der Waals surface area contributed by atoms with Gasteiger partial charge in [-0.1, -0.05) is 12.1 Å². The highest BCUT2D eigenvalue weighted by molar-refractivity contribution is 5.77. The Balaban J connectivity index is 1.20. The second kappa shape index (κ2) is 6.00. The van der Waals surface area contributed by atoms with Crippen molar-refractivity contribution in [3.63, 3.8) is 0 Å². The van der Waals surface area contributed by atoms with E-state index < -0.39 is 0 Å². The molecule has 6 rings (SSSR count). The van der Waals surface area contributed by atoms with Gasteiger partial charge in [0.2, 0.25) is 0 Å². The maximum Gasteiger partial charge on any atom is 0.419 e. The molecule has 5 heteroatoms. The maximum atomic E-state index is 12.8. The van der Waals surface area contributed by atoms with Crippen LogP contribution >= 0.6 is 0 Å². The lowest BCUT2D eigenvalue weighted by atomic mass is 9.49. The molecular formula is C21H25NO4. The first kappa shape index (κ1) is 16.2. The van der Waals surface area contributed by atoms with Crippen LogP contribution in [0.25, 0.3) is 11.1 Å². The molecule has 4 aliphatic carbocycles. The Hall–Kier alpha value is -2.04. The Kier molecular flexibility index (Phi) is 3.73. The molecule has 1 heterocycles. The van der Waals surface area contributed by atoms with Crippen LogP contribution < -0.4 is 5.76 Å². The fraction of sp³-hybridized carbons (Fsp3) is 0.619. The number of aromatic nitrogens is 1. The Morgan fingerprint density at radius 2 is 1.77 bits per heavy atom. The van der Waals surface area contributed by atoms with Crippen molar-refractivity contribution >= 4 is 17.1 Å². The van der Waals surface area contributed by atoms with Crippen molar-refractivity contribution in [3.05, 3.63) is 34.8 Å². The van der Waals surface area contributed by atoms with Crippen molar-refractivity contribution in [1.29, 1.82) is 0 Å². The number of ether oxygens (including phenoxy) is 1. The average Bonchev–Trinajstić information content (AvgIpc) is 2.92. The van der Waals surface area contributed by atoms with Gasteiger partial charge in [-0.2, -0.15) is 0 Å². The molecule has 0 saturated heterocycles. The standard InChI is InChI=1S/C21H25NO4/c23-19(21-11-14-8-15(12-21)10-16(9-14)13-21)25-7-3-6-22-17-4-1-2-5-18(17)26-20(22)24/h1-2,4-5,14-16H,3,6-13H2. The van der Waals surface area contributed by atoms with Crippen LogP contribution in [0, 0.1) is 23.2 Å². The van der Waals surface area contributed by atoms with E-state index in [4.69, 9.17) is 9.15 Å². The normalized spacial score (nSPS) is 32.2. The van der Waals surface area contributed by atoms with Crippen LogP contribution in [0.15, 0.2) is 33.5 Å². The summed E-state index contributed by atoms with van der Waals surface area (Å²) < 4.78 is 12.6. The summed E-state index contributed by atoms with van der Waals surface area (Å²) in [7, 11) is 0. The first-order valence-electron chi connectivity index (χ1n) is 9.88. The summed E-state index contributed by atoms with van der Waals surface area (Å²) >= 11 is 0. The summed E-state index contributed by atoms with van der Waals surface area (Å²) in [6, 6.07) is 7.41. The van der Waals surface area contributed by atoms with Crippen LogP contribution in [-0.4, -0.2) is 17.1 Å². The predicted octanol–water partition coefficient (Wildman–Crippen LogP) is 3.74. The van der Waals surface area contributed by atoms with E-state index in [2.05, 4.69) is 0 Å². The van der Waals surface area contributed by atoms with E-state index in [9.17, 15) is 9.59 Å². The molecule has 0 spiro atoms. The molecule has 4 bridgehead atoms. The quantitative estimate of drug-likeness (QED) is 0.605. The Morgan fingerprint density at radius 1 is 1.12 bits per heavy atom. The molecule has 138 valence electrons. The smallest absolute Gasteiger partial charge is 0.419 e. The monoisotopic (exact) mass is 355 g/mol. The third-order valence-electron chi connectivity index (χ3n) is 6.80. The van der Waals surface area contributed by atoms with Gasteiger partial charge in [0.1, 0.15) is 0 Å². The lowest BCUT2D eigenvalue weighted by Gasteiger charge is -2.55. The molecule has 0 unspecified atom stereocenters. The lowest BCUT2D eigenvalue weighted by Crippen LogP contribution is -2.50. The van der Waals surface area contributed by atoms with Crippen molar-refractivity contribution in [2.24, 2.45) is 23.2 Å². The zero-order chi connectivity index (χ0) is 17.7. The van der Waals surface area contributed by atoms with Gasteiger partial charge in [0.05, 0.1) is 17.5 Å². The van der Waals surface area contributed by atoms with Crippen LogP contribution in [0.5, 0.6) is 0 Å². The van der Waals surface area contributed by atoms with Gasteiger partial charge in [0.25, 0.3) is 0 Å². The summed E-state index contributed by atoms with van der Waals surface area (Å²) in [6.07, 6.45) is 7.69. The minimum atomic E-state index is -0.349. The summed E-state index contributed by atoms with van der Waals surface area (Å²) in [5, 5.41) is 0. The molecule has 5 nitrogen and oxygen atoms in total. The van der Waals surface area contributed by atoms with Crippen LogP contribution in [0.4, 0.5) is 0 Å². The van der Waals surface area contributed by atoms with Gasteiger partial charge in [-0.3, -0.25) is 9.36 Å². The van der Waals surface area contributed by atoms with Crippen molar-refractivity contribution in [3.8, 4) is 0 Å². The summed E-state index contributed by atoms with van der Waals surface area (Å²) in [4.78, 5) is 24.8. The molecule has 0 aliphatic heterocycles. The Labute approximate surface area is 152 Å². The number of hydrogen-bond acceptors (Lipinski definition) is 4. The van der Waals surface area contributed by atoms with Crippen molar-refractivity contribution in [2.75, 3.05) is 6.61 Å². The van der Waals surface area contributed by atoms with Crippen LogP contribution in [0.1, 0.15) is 44.9 Å². The summed E-state index contributed by atoms with van der Waals surface area (Å²) in [5.74, 6) is 1.89. The lowest BCUT2D eigenvalue weighted by molar-refractivity contribution is -0.171. The average molecular weight is 355 g/mol. The molecule has 0 amide bonds. The molecule has 4 fully saturated rings. The molecule has 0 atom stereocenters. The molecule has 26 heavy (non-hydrogen) atoms. The minimum Gasteiger partial charge on any atom is -0.465 e. The molecule has 4 saturated carbocycles. The van der Waals surface area contributed by atoms with Crippen molar-refractivity contribution in [1.82, 2.24) is 4.57 Å². The van der Waals surface area contributed by atoms with Gasteiger partial charge >= 0.3 is 11.7 Å². The summed E-state index contributed by atoms with van der Waals surface area (Å²) in [5.41, 5.74) is 1.20. The third-order valence-corrected chi connectivity index (χ3v) is 6.80. The zero-order valence-electron chi connectivity index (χ0n) is 15.0. The molecule has 0 N–H and O–H groups in total. The van der Waals surface area contributed by atoms with Crippen LogP contribution in [0.2, 0.25) is 0 Å². The Bertz CT molecular complexity index is 858. The van der Waals surface area contributed by atoms with Crippen LogP contribution in [0.3, 0.4) is 0 Å². The highest BCUT2D eigenvalue weighted by Crippen LogP contribution is 2.60. The van der Waals surface area contributed by atoms with Gasteiger partial charge in [0.15, 0.2) is 5.58 Å². The highest BCUT2D eigenvalue weighted by Gasteiger charge is 2.55. The number of para-hydroxylation sites is 2. The molecule has 1 aromatic heterocycles. The Morgan fingerprint density at radius 3 is 2.46 bits per heavy atom. The number of rotatable bonds is 5. The first-order valence-corrected chi connectivity index (χ1v) is 9.88. The largest absolute Gasteiger partial charge is 0.465 e. The van der Waals surface area contributed by atoms with Gasteiger partial charge in [-0.05, 0) is 74.8 Å². The van der Waals surface area contributed by atoms with Gasteiger partial charge in [-0.15, -0.1) is 0 Å². The number of aryl methyl sites for hydroxylation is 1. The van der Waals surface area contributed by atoms with Crippen molar-refractivity contribution < 1.29 is 13.9 Å². The number of carbonyl (C=O) groups excluding carboxylic acids is 1. The van der Waals surface area contributed by atoms with E-state index in [1.807, 2.05) is 18.2 Å². The summed E-state index contributed by atoms with van der Waals surface area (Å²) in [6.45, 7) is 0.872. The highest BCUT2D eigenvalue weighted by atomic mass is 16.5. The molecule has 0 radical (unpaired) electrons. The third kappa shape index (κ3) is 2.60. The first-order chi connectivity index (χ1) is 12.6. The van der Waals surface area contributed by atoms with E-state index in [1.54, 1.807) is 10.6 Å². The van der Waals surface area contributed by atoms with Gasteiger partial charge < -0.3 is 9.15 Å². The molecule has 1 aromatic carbocycles. The van der Waals surface area contributed by atoms with E-state index in [0.717, 1.165) is 42.5 Å². The molecule has 2 aromatic rings. The number of carbonyl (C=O) groups is 1. The fourth-order valence-electron chi connectivity index (χ4n) is 6.13. The topological polar surface area (TPSA) is 61.4 Å².